The third-order valence-corrected chi connectivity index (χ3v) is 4.39. The van der Waals surface area contributed by atoms with Gasteiger partial charge in [0.1, 0.15) is 0 Å². The van der Waals surface area contributed by atoms with Crippen molar-refractivity contribution in [2.45, 2.75) is 26.8 Å². The summed E-state index contributed by atoms with van der Waals surface area (Å²) in [6, 6.07) is 19.7. The first-order chi connectivity index (χ1) is 11.6. The Morgan fingerprint density at radius 2 is 1.62 bits per heavy atom. The Kier molecular flexibility index (Phi) is 4.61. The number of nitrogens with one attached hydrogen (secondary N) is 1. The number of pyridine rings is 1. The fraction of sp³-hybridized carbons (Fsp3) is 0.238. The fourth-order valence-corrected chi connectivity index (χ4v) is 2.57. The van der Waals surface area contributed by atoms with Crippen LogP contribution >= 0.6 is 0 Å². The maximum absolute atomic E-state index is 12.8. The molecule has 1 atom stereocenters. The van der Waals surface area contributed by atoms with Gasteiger partial charge in [0, 0.05) is 17.0 Å². The van der Waals surface area contributed by atoms with Gasteiger partial charge in [-0.05, 0) is 25.0 Å². The number of nitrogens with zero attached hydrogens (tertiary/aromatic N) is 1. The van der Waals surface area contributed by atoms with Crippen LogP contribution in [0.4, 0.5) is 0 Å². The van der Waals surface area contributed by atoms with E-state index in [9.17, 15) is 4.79 Å². The lowest BCUT2D eigenvalue weighted by Crippen LogP contribution is -2.36. The molecule has 3 nitrogen and oxygen atoms in total. The molecule has 2 aromatic carbocycles. The summed E-state index contributed by atoms with van der Waals surface area (Å²) in [4.78, 5) is 17.5. The van der Waals surface area contributed by atoms with Gasteiger partial charge in [-0.2, -0.15) is 0 Å². The second kappa shape index (κ2) is 6.83. The first-order valence-corrected chi connectivity index (χ1v) is 8.32. The van der Waals surface area contributed by atoms with Crippen LogP contribution in [0.15, 0.2) is 60.7 Å². The van der Waals surface area contributed by atoms with Gasteiger partial charge in [-0.3, -0.25) is 4.79 Å². The van der Waals surface area contributed by atoms with E-state index >= 15 is 0 Å². The van der Waals surface area contributed by atoms with Gasteiger partial charge in [-0.25, -0.2) is 4.98 Å². The van der Waals surface area contributed by atoms with Crippen LogP contribution in [-0.4, -0.2) is 16.9 Å². The molecule has 0 spiro atoms. The smallest absolute Gasteiger partial charge is 0.252 e. The molecule has 3 heteroatoms. The quantitative estimate of drug-likeness (QED) is 0.759. The van der Waals surface area contributed by atoms with E-state index in [1.165, 1.54) is 0 Å². The van der Waals surface area contributed by atoms with Crippen molar-refractivity contribution in [2.75, 3.05) is 0 Å². The molecule has 3 aromatic rings. The fourth-order valence-electron chi connectivity index (χ4n) is 2.57. The molecule has 0 aliphatic heterocycles. The highest BCUT2D eigenvalue weighted by atomic mass is 16.1. The lowest BCUT2D eigenvalue weighted by molar-refractivity contribution is 0.0932. The highest BCUT2D eigenvalue weighted by Crippen LogP contribution is 2.25. The minimum atomic E-state index is -0.0491. The van der Waals surface area contributed by atoms with Crippen molar-refractivity contribution in [3.8, 4) is 11.3 Å². The molecular formula is C21H22N2O. The molecule has 0 bridgehead atoms. The van der Waals surface area contributed by atoms with Crippen molar-refractivity contribution in [1.82, 2.24) is 10.3 Å². The summed E-state index contributed by atoms with van der Waals surface area (Å²) in [6.45, 7) is 6.24. The van der Waals surface area contributed by atoms with Gasteiger partial charge in [-0.15, -0.1) is 0 Å². The number of para-hydroxylation sites is 1. The van der Waals surface area contributed by atoms with Gasteiger partial charge >= 0.3 is 0 Å². The number of rotatable bonds is 4. The molecule has 1 heterocycles. The monoisotopic (exact) mass is 318 g/mol. The topological polar surface area (TPSA) is 42.0 Å². The van der Waals surface area contributed by atoms with Crippen molar-refractivity contribution < 1.29 is 4.79 Å². The van der Waals surface area contributed by atoms with Crippen LogP contribution in [0.5, 0.6) is 0 Å². The molecular weight excluding hydrogens is 296 g/mol. The Labute approximate surface area is 142 Å². The normalized spacial score (nSPS) is 12.3. The lowest BCUT2D eigenvalue weighted by Gasteiger charge is -2.18. The molecule has 1 N–H and O–H groups in total. The van der Waals surface area contributed by atoms with Gasteiger partial charge in [0.2, 0.25) is 0 Å². The standard InChI is InChI=1S/C21H22N2O/c1-14(2)15(3)22-21(24)18-13-20(16-9-5-4-6-10-16)23-19-12-8-7-11-17(18)19/h4-15H,1-3H3,(H,22,24). The number of benzene rings is 2. The van der Waals surface area contributed by atoms with Gasteiger partial charge in [0.05, 0.1) is 16.8 Å². The third-order valence-electron chi connectivity index (χ3n) is 4.39. The number of hydrogen-bond acceptors (Lipinski definition) is 2. The van der Waals surface area contributed by atoms with Crippen LogP contribution in [0.3, 0.4) is 0 Å². The molecule has 0 aliphatic rings. The Bertz CT molecular complexity index is 856. The molecule has 3 rings (SSSR count). The Balaban J connectivity index is 2.10. The summed E-state index contributed by atoms with van der Waals surface area (Å²) in [6.07, 6.45) is 0. The summed E-state index contributed by atoms with van der Waals surface area (Å²) in [5.41, 5.74) is 3.33. The van der Waals surface area contributed by atoms with Crippen LogP contribution in [0.1, 0.15) is 31.1 Å². The average Bonchev–Trinajstić information content (AvgIpc) is 2.61. The van der Waals surface area contributed by atoms with E-state index in [1.54, 1.807) is 0 Å². The van der Waals surface area contributed by atoms with Crippen LogP contribution in [0.25, 0.3) is 22.2 Å². The summed E-state index contributed by atoms with van der Waals surface area (Å²) in [7, 11) is 0. The Morgan fingerprint density at radius 3 is 2.33 bits per heavy atom. The number of fused-ring (bicyclic) bond motifs is 1. The van der Waals surface area contributed by atoms with Crippen LogP contribution in [0.2, 0.25) is 0 Å². The van der Waals surface area contributed by atoms with Crippen molar-refractivity contribution in [1.29, 1.82) is 0 Å². The predicted molar refractivity (Wildman–Crippen MR) is 98.9 cm³/mol. The predicted octanol–water partition coefficient (Wildman–Crippen LogP) is 4.68. The second-order valence-corrected chi connectivity index (χ2v) is 6.44. The van der Waals surface area contributed by atoms with Crippen molar-refractivity contribution in [3.05, 3.63) is 66.2 Å². The SMILES string of the molecule is CC(C)C(C)NC(=O)c1cc(-c2ccccc2)nc2ccccc12. The van der Waals surface area contributed by atoms with E-state index in [0.29, 0.717) is 11.5 Å². The van der Waals surface area contributed by atoms with Crippen molar-refractivity contribution >= 4 is 16.8 Å². The van der Waals surface area contributed by atoms with Crippen LogP contribution < -0.4 is 5.32 Å². The van der Waals surface area contributed by atoms with Crippen LogP contribution in [0, 0.1) is 5.92 Å². The zero-order valence-electron chi connectivity index (χ0n) is 14.3. The van der Waals surface area contributed by atoms with Gasteiger partial charge in [0.25, 0.3) is 5.91 Å². The van der Waals surface area contributed by atoms with Crippen molar-refractivity contribution in [2.24, 2.45) is 5.92 Å². The lowest BCUT2D eigenvalue weighted by atomic mass is 10.0. The second-order valence-electron chi connectivity index (χ2n) is 6.44. The average molecular weight is 318 g/mol. The molecule has 1 unspecified atom stereocenters. The Morgan fingerprint density at radius 1 is 0.958 bits per heavy atom. The summed E-state index contributed by atoms with van der Waals surface area (Å²) in [5, 5.41) is 3.98. The van der Waals surface area contributed by atoms with E-state index in [0.717, 1.165) is 22.2 Å². The molecule has 1 aromatic heterocycles. The minimum absolute atomic E-state index is 0.0491. The summed E-state index contributed by atoms with van der Waals surface area (Å²) < 4.78 is 0. The molecule has 0 saturated heterocycles. The van der Waals surface area contributed by atoms with Crippen molar-refractivity contribution in [3.63, 3.8) is 0 Å². The molecule has 1 amide bonds. The molecule has 0 aliphatic carbocycles. The number of carbonyl (C=O) groups excluding carboxylic acids is 1. The Hall–Kier alpha value is -2.68. The van der Waals surface area contributed by atoms with E-state index < -0.39 is 0 Å². The largest absolute Gasteiger partial charge is 0.349 e. The van der Waals surface area contributed by atoms with E-state index in [1.807, 2.05) is 67.6 Å². The van der Waals surface area contributed by atoms with Crippen LogP contribution in [-0.2, 0) is 0 Å². The van der Waals surface area contributed by atoms with Gasteiger partial charge < -0.3 is 5.32 Å². The number of hydrogen-bond donors (Lipinski definition) is 1. The zero-order valence-corrected chi connectivity index (χ0v) is 14.3. The summed E-state index contributed by atoms with van der Waals surface area (Å²) in [5.74, 6) is 0.336. The number of aromatic nitrogens is 1. The van der Waals surface area contributed by atoms with E-state index in [-0.39, 0.29) is 11.9 Å². The first kappa shape index (κ1) is 16.2. The molecule has 24 heavy (non-hydrogen) atoms. The first-order valence-electron chi connectivity index (χ1n) is 8.32. The van der Waals surface area contributed by atoms with E-state index in [4.69, 9.17) is 4.98 Å². The third kappa shape index (κ3) is 3.30. The van der Waals surface area contributed by atoms with Gasteiger partial charge in [0.15, 0.2) is 0 Å². The molecule has 0 saturated carbocycles. The molecule has 0 radical (unpaired) electrons. The summed E-state index contributed by atoms with van der Waals surface area (Å²) >= 11 is 0. The maximum Gasteiger partial charge on any atom is 0.252 e. The number of carbonyl (C=O) groups is 1. The highest BCUT2D eigenvalue weighted by molar-refractivity contribution is 6.07. The maximum atomic E-state index is 12.8. The zero-order chi connectivity index (χ0) is 17.1. The highest BCUT2D eigenvalue weighted by Gasteiger charge is 2.17. The minimum Gasteiger partial charge on any atom is -0.349 e. The number of amides is 1. The van der Waals surface area contributed by atoms with Gasteiger partial charge in [-0.1, -0.05) is 62.4 Å². The molecule has 122 valence electrons. The molecule has 0 fully saturated rings. The van der Waals surface area contributed by atoms with E-state index in [2.05, 4.69) is 19.2 Å².